The van der Waals surface area contributed by atoms with Crippen molar-refractivity contribution >= 4 is 21.1 Å². The molecule has 2 N–H and O–H groups in total. The highest BCUT2D eigenvalue weighted by Gasteiger charge is 2.15. The highest BCUT2D eigenvalue weighted by molar-refractivity contribution is 7.89. The molecule has 142 valence electrons. The van der Waals surface area contributed by atoms with E-state index in [-0.39, 0.29) is 18.0 Å². The van der Waals surface area contributed by atoms with Gasteiger partial charge < -0.3 is 14.3 Å². The van der Waals surface area contributed by atoms with Crippen LogP contribution in [0.15, 0.2) is 56.9 Å². The number of benzene rings is 2. The molecule has 1 aromatic heterocycles. The van der Waals surface area contributed by atoms with Gasteiger partial charge in [0, 0.05) is 13.1 Å². The Kier molecular flexibility index (Phi) is 5.15. The summed E-state index contributed by atoms with van der Waals surface area (Å²) in [5, 5.41) is 0. The van der Waals surface area contributed by atoms with Crippen LogP contribution >= 0.6 is 0 Å². The zero-order valence-electron chi connectivity index (χ0n) is 14.9. The van der Waals surface area contributed by atoms with Crippen LogP contribution in [0.3, 0.4) is 0 Å². The van der Waals surface area contributed by atoms with Gasteiger partial charge in [0.2, 0.25) is 10.0 Å². The summed E-state index contributed by atoms with van der Waals surface area (Å²) < 4.78 is 33.8. The van der Waals surface area contributed by atoms with Gasteiger partial charge in [-0.3, -0.25) is 9.59 Å². The third-order valence-corrected chi connectivity index (χ3v) is 5.65. The van der Waals surface area contributed by atoms with Gasteiger partial charge in [0.25, 0.3) is 0 Å². The van der Waals surface area contributed by atoms with Gasteiger partial charge in [0.05, 0.1) is 23.0 Å². The molecule has 0 spiro atoms. The number of para-hydroxylation sites is 2. The van der Waals surface area contributed by atoms with E-state index in [0.29, 0.717) is 22.3 Å². The Labute approximate surface area is 155 Å². The Balaban J connectivity index is 1.83. The van der Waals surface area contributed by atoms with Gasteiger partial charge in [0.15, 0.2) is 0 Å². The number of H-pyrrole nitrogens is 1. The smallest absolute Gasteiger partial charge is 0.316 e. The topological polar surface area (TPSA) is 110 Å². The SMILES string of the molecule is COc1ccc(S(=O)(=O)NCCn2c(=O)c(=O)[nH]c3ccccc32)cc1C. The summed E-state index contributed by atoms with van der Waals surface area (Å²) in [5.41, 5.74) is 0.255. The standard InChI is InChI=1S/C18H19N3O5S/c1-12-11-13(7-8-16(12)26-2)27(24,25)19-9-10-21-15-6-4-3-5-14(15)20-17(22)18(21)23/h3-8,11,19H,9-10H2,1-2H3,(H,20,22). The van der Waals surface area contributed by atoms with Crippen molar-refractivity contribution in [3.05, 3.63) is 68.7 Å². The van der Waals surface area contributed by atoms with E-state index in [1.54, 1.807) is 37.3 Å². The fourth-order valence-electron chi connectivity index (χ4n) is 2.84. The van der Waals surface area contributed by atoms with Crippen LogP contribution in [0.4, 0.5) is 0 Å². The molecule has 0 saturated heterocycles. The molecule has 2 aromatic carbocycles. The first kappa shape index (κ1) is 18.9. The molecule has 0 fully saturated rings. The van der Waals surface area contributed by atoms with Crippen LogP contribution in [0, 0.1) is 6.92 Å². The lowest BCUT2D eigenvalue weighted by molar-refractivity contribution is 0.411. The Morgan fingerprint density at radius 1 is 1.15 bits per heavy atom. The molecule has 0 amide bonds. The maximum Gasteiger partial charge on any atom is 0.316 e. The maximum absolute atomic E-state index is 12.5. The Morgan fingerprint density at radius 2 is 1.89 bits per heavy atom. The normalized spacial score (nSPS) is 11.6. The summed E-state index contributed by atoms with van der Waals surface area (Å²) in [5.74, 6) is 0.593. The van der Waals surface area contributed by atoms with Crippen LogP contribution in [-0.2, 0) is 16.6 Å². The van der Waals surface area contributed by atoms with E-state index in [1.807, 2.05) is 0 Å². The molecular formula is C18H19N3O5S. The first-order valence-electron chi connectivity index (χ1n) is 8.19. The van der Waals surface area contributed by atoms with Crippen LogP contribution in [0.2, 0.25) is 0 Å². The molecule has 0 aliphatic heterocycles. The van der Waals surface area contributed by atoms with E-state index in [9.17, 15) is 18.0 Å². The molecule has 27 heavy (non-hydrogen) atoms. The number of sulfonamides is 1. The van der Waals surface area contributed by atoms with E-state index in [4.69, 9.17) is 4.74 Å². The second-order valence-electron chi connectivity index (χ2n) is 5.96. The first-order chi connectivity index (χ1) is 12.8. The number of nitrogens with zero attached hydrogens (tertiary/aromatic N) is 1. The summed E-state index contributed by atoms with van der Waals surface area (Å²) in [4.78, 5) is 26.6. The largest absolute Gasteiger partial charge is 0.496 e. The van der Waals surface area contributed by atoms with Crippen LogP contribution in [0.25, 0.3) is 11.0 Å². The molecule has 0 aliphatic rings. The number of nitrogens with one attached hydrogen (secondary N) is 2. The van der Waals surface area contributed by atoms with Crippen molar-refractivity contribution < 1.29 is 13.2 Å². The van der Waals surface area contributed by atoms with E-state index < -0.39 is 21.1 Å². The highest BCUT2D eigenvalue weighted by Crippen LogP contribution is 2.21. The number of aromatic amines is 1. The summed E-state index contributed by atoms with van der Waals surface area (Å²) in [6.07, 6.45) is 0. The lowest BCUT2D eigenvalue weighted by Gasteiger charge is -2.12. The molecule has 8 nitrogen and oxygen atoms in total. The fourth-order valence-corrected chi connectivity index (χ4v) is 3.94. The first-order valence-corrected chi connectivity index (χ1v) is 9.68. The summed E-state index contributed by atoms with van der Waals surface area (Å²) in [6, 6.07) is 11.4. The molecule has 1 heterocycles. The fraction of sp³-hybridized carbons (Fsp3) is 0.222. The van der Waals surface area contributed by atoms with Gasteiger partial charge in [-0.2, -0.15) is 0 Å². The third kappa shape index (κ3) is 3.79. The van der Waals surface area contributed by atoms with Crippen molar-refractivity contribution in [1.29, 1.82) is 0 Å². The number of fused-ring (bicyclic) bond motifs is 1. The number of aryl methyl sites for hydroxylation is 1. The predicted octanol–water partition coefficient (Wildman–Crippen LogP) is 0.985. The summed E-state index contributed by atoms with van der Waals surface area (Å²) in [7, 11) is -2.25. The average molecular weight is 389 g/mol. The molecule has 0 saturated carbocycles. The summed E-state index contributed by atoms with van der Waals surface area (Å²) >= 11 is 0. The number of ether oxygens (including phenoxy) is 1. The molecule has 0 aliphatic carbocycles. The second-order valence-corrected chi connectivity index (χ2v) is 7.72. The van der Waals surface area contributed by atoms with Crippen molar-refractivity contribution in [2.75, 3.05) is 13.7 Å². The van der Waals surface area contributed by atoms with Gasteiger partial charge in [-0.15, -0.1) is 0 Å². The van der Waals surface area contributed by atoms with Crippen molar-refractivity contribution in [2.45, 2.75) is 18.4 Å². The molecule has 0 bridgehead atoms. The zero-order chi connectivity index (χ0) is 19.6. The minimum atomic E-state index is -3.76. The minimum Gasteiger partial charge on any atom is -0.496 e. The molecule has 0 radical (unpaired) electrons. The van der Waals surface area contributed by atoms with Gasteiger partial charge in [-0.05, 0) is 42.8 Å². The predicted molar refractivity (Wildman–Crippen MR) is 102 cm³/mol. The number of hydrogen-bond acceptors (Lipinski definition) is 5. The van der Waals surface area contributed by atoms with E-state index in [0.717, 1.165) is 0 Å². The molecular weight excluding hydrogens is 370 g/mol. The van der Waals surface area contributed by atoms with Crippen LogP contribution in [0.1, 0.15) is 5.56 Å². The number of hydrogen-bond donors (Lipinski definition) is 2. The van der Waals surface area contributed by atoms with E-state index in [1.165, 1.54) is 23.8 Å². The van der Waals surface area contributed by atoms with Gasteiger partial charge >= 0.3 is 11.1 Å². The monoisotopic (exact) mass is 389 g/mol. The second kappa shape index (κ2) is 7.37. The molecule has 0 atom stereocenters. The molecule has 9 heteroatoms. The quantitative estimate of drug-likeness (QED) is 0.611. The molecule has 3 aromatic rings. The van der Waals surface area contributed by atoms with Crippen molar-refractivity contribution in [3.63, 3.8) is 0 Å². The lowest BCUT2D eigenvalue weighted by Crippen LogP contribution is -2.39. The van der Waals surface area contributed by atoms with Crippen molar-refractivity contribution in [2.24, 2.45) is 0 Å². The van der Waals surface area contributed by atoms with Crippen molar-refractivity contribution in [3.8, 4) is 5.75 Å². The van der Waals surface area contributed by atoms with Crippen LogP contribution in [-0.4, -0.2) is 31.6 Å². The van der Waals surface area contributed by atoms with E-state index >= 15 is 0 Å². The highest BCUT2D eigenvalue weighted by atomic mass is 32.2. The van der Waals surface area contributed by atoms with Crippen LogP contribution < -0.4 is 20.6 Å². The number of rotatable bonds is 6. The summed E-state index contributed by atoms with van der Waals surface area (Å²) in [6.45, 7) is 1.73. The zero-order valence-corrected chi connectivity index (χ0v) is 15.7. The van der Waals surface area contributed by atoms with Gasteiger partial charge in [-0.25, -0.2) is 13.1 Å². The van der Waals surface area contributed by atoms with Gasteiger partial charge in [-0.1, -0.05) is 12.1 Å². The van der Waals surface area contributed by atoms with Gasteiger partial charge in [0.1, 0.15) is 5.75 Å². The maximum atomic E-state index is 12.5. The Bertz CT molecular complexity index is 1210. The molecule has 0 unspecified atom stereocenters. The Hall–Kier alpha value is -2.91. The number of methoxy groups -OCH3 is 1. The number of aromatic nitrogens is 2. The lowest BCUT2D eigenvalue weighted by atomic mass is 10.2. The van der Waals surface area contributed by atoms with E-state index in [2.05, 4.69) is 9.71 Å². The van der Waals surface area contributed by atoms with Crippen molar-refractivity contribution in [1.82, 2.24) is 14.3 Å². The molecule has 3 rings (SSSR count). The average Bonchev–Trinajstić information content (AvgIpc) is 2.64. The third-order valence-electron chi connectivity index (χ3n) is 4.19. The Morgan fingerprint density at radius 3 is 2.59 bits per heavy atom. The van der Waals surface area contributed by atoms with Crippen LogP contribution in [0.5, 0.6) is 5.75 Å². The minimum absolute atomic E-state index is 0.0254.